The van der Waals surface area contributed by atoms with Crippen LogP contribution in [0.2, 0.25) is 0 Å². The van der Waals surface area contributed by atoms with Gasteiger partial charge in [-0.05, 0) is 30.2 Å². The zero-order chi connectivity index (χ0) is 19.9. The molecule has 146 valence electrons. The van der Waals surface area contributed by atoms with Gasteiger partial charge in [0.05, 0.1) is 14.2 Å². The highest BCUT2D eigenvalue weighted by Crippen LogP contribution is 2.29. The molecule has 7 nitrogen and oxygen atoms in total. The third-order valence-corrected chi connectivity index (χ3v) is 4.38. The molecule has 0 fully saturated rings. The minimum absolute atomic E-state index is 0.248. The van der Waals surface area contributed by atoms with Crippen molar-refractivity contribution in [3.05, 3.63) is 54.2 Å². The van der Waals surface area contributed by atoms with Crippen molar-refractivity contribution in [3.63, 3.8) is 0 Å². The van der Waals surface area contributed by atoms with Crippen molar-refractivity contribution in [1.29, 1.82) is 0 Å². The molecule has 0 saturated heterocycles. The molecule has 0 saturated carbocycles. The monoisotopic (exact) mass is 381 g/mol. The van der Waals surface area contributed by atoms with Crippen LogP contribution in [0, 0.1) is 0 Å². The number of benzene rings is 2. The highest BCUT2D eigenvalue weighted by Gasteiger charge is 2.12. The molecule has 0 aliphatic carbocycles. The Morgan fingerprint density at radius 1 is 1.00 bits per heavy atom. The lowest BCUT2D eigenvalue weighted by Crippen LogP contribution is -2.29. The SMILES string of the molecule is COc1ccc(NC(=O)CC(=O)NCCc2c[nH]c3ccccc23)cc1OC. The van der Waals surface area contributed by atoms with Gasteiger partial charge in [0.2, 0.25) is 11.8 Å². The molecule has 0 unspecified atom stereocenters. The third-order valence-electron chi connectivity index (χ3n) is 4.38. The molecule has 28 heavy (non-hydrogen) atoms. The maximum atomic E-state index is 12.1. The van der Waals surface area contributed by atoms with Crippen molar-refractivity contribution in [2.45, 2.75) is 12.8 Å². The second-order valence-electron chi connectivity index (χ2n) is 6.25. The van der Waals surface area contributed by atoms with Crippen LogP contribution in [-0.2, 0) is 16.0 Å². The van der Waals surface area contributed by atoms with E-state index in [1.807, 2.05) is 30.5 Å². The number of methoxy groups -OCH3 is 2. The number of aromatic amines is 1. The summed E-state index contributed by atoms with van der Waals surface area (Å²) >= 11 is 0. The minimum Gasteiger partial charge on any atom is -0.493 e. The van der Waals surface area contributed by atoms with Gasteiger partial charge in [-0.25, -0.2) is 0 Å². The largest absolute Gasteiger partial charge is 0.493 e. The van der Waals surface area contributed by atoms with E-state index in [2.05, 4.69) is 15.6 Å². The van der Waals surface area contributed by atoms with E-state index in [-0.39, 0.29) is 12.3 Å². The van der Waals surface area contributed by atoms with Crippen molar-refractivity contribution in [2.75, 3.05) is 26.1 Å². The summed E-state index contributed by atoms with van der Waals surface area (Å²) in [7, 11) is 3.06. The van der Waals surface area contributed by atoms with Gasteiger partial charge in [-0.2, -0.15) is 0 Å². The Bertz CT molecular complexity index is 981. The molecule has 3 N–H and O–H groups in total. The standard InChI is InChI=1S/C21H23N3O4/c1-27-18-8-7-15(11-19(18)28-2)24-21(26)12-20(25)22-10-9-14-13-23-17-6-4-3-5-16(14)17/h3-8,11,13,23H,9-10,12H2,1-2H3,(H,22,25)(H,24,26). The first-order valence-electron chi connectivity index (χ1n) is 8.94. The average Bonchev–Trinajstić information content (AvgIpc) is 3.11. The summed E-state index contributed by atoms with van der Waals surface area (Å²) in [5.74, 6) is 0.355. The Morgan fingerprint density at radius 3 is 2.57 bits per heavy atom. The van der Waals surface area contributed by atoms with Crippen molar-refractivity contribution >= 4 is 28.4 Å². The summed E-state index contributed by atoms with van der Waals surface area (Å²) in [6.45, 7) is 0.463. The van der Waals surface area contributed by atoms with Crippen LogP contribution >= 0.6 is 0 Å². The summed E-state index contributed by atoms with van der Waals surface area (Å²) in [5, 5.41) is 6.61. The van der Waals surface area contributed by atoms with Crippen LogP contribution in [0.1, 0.15) is 12.0 Å². The molecule has 0 spiro atoms. The van der Waals surface area contributed by atoms with Gasteiger partial charge in [-0.1, -0.05) is 18.2 Å². The molecule has 1 aromatic heterocycles. The number of ether oxygens (including phenoxy) is 2. The first-order valence-corrected chi connectivity index (χ1v) is 8.94. The summed E-state index contributed by atoms with van der Waals surface area (Å²) in [5.41, 5.74) is 2.73. The number of fused-ring (bicyclic) bond motifs is 1. The van der Waals surface area contributed by atoms with Gasteiger partial charge in [-0.3, -0.25) is 9.59 Å². The molecule has 0 bridgehead atoms. The lowest BCUT2D eigenvalue weighted by atomic mass is 10.1. The molecule has 2 aromatic carbocycles. The number of hydrogen-bond donors (Lipinski definition) is 3. The Morgan fingerprint density at radius 2 is 1.79 bits per heavy atom. The molecule has 7 heteroatoms. The van der Waals surface area contributed by atoms with Crippen molar-refractivity contribution in [1.82, 2.24) is 10.3 Å². The number of aromatic nitrogens is 1. The molecule has 2 amide bonds. The maximum absolute atomic E-state index is 12.1. The third kappa shape index (κ3) is 4.62. The van der Waals surface area contributed by atoms with Crippen LogP contribution in [0.4, 0.5) is 5.69 Å². The van der Waals surface area contributed by atoms with Crippen molar-refractivity contribution < 1.29 is 19.1 Å². The fraction of sp³-hybridized carbons (Fsp3) is 0.238. The highest BCUT2D eigenvalue weighted by molar-refractivity contribution is 6.03. The van der Waals surface area contributed by atoms with Crippen molar-refractivity contribution in [2.24, 2.45) is 0 Å². The predicted octanol–water partition coefficient (Wildman–Crippen LogP) is 2.87. The number of amides is 2. The first kappa shape index (κ1) is 19.3. The van der Waals surface area contributed by atoms with Gasteiger partial charge in [-0.15, -0.1) is 0 Å². The van der Waals surface area contributed by atoms with Crippen LogP contribution < -0.4 is 20.1 Å². The Balaban J connectivity index is 1.47. The van der Waals surface area contributed by atoms with Gasteiger partial charge in [0, 0.05) is 35.4 Å². The van der Waals surface area contributed by atoms with Crippen LogP contribution in [0.25, 0.3) is 10.9 Å². The molecule has 0 aliphatic rings. The van der Waals surface area contributed by atoms with E-state index in [0.717, 1.165) is 16.5 Å². The van der Waals surface area contributed by atoms with E-state index in [1.54, 1.807) is 18.2 Å². The highest BCUT2D eigenvalue weighted by atomic mass is 16.5. The number of rotatable bonds is 8. The lowest BCUT2D eigenvalue weighted by Gasteiger charge is -2.10. The first-order chi connectivity index (χ1) is 13.6. The molecule has 1 heterocycles. The van der Waals surface area contributed by atoms with Gasteiger partial charge >= 0.3 is 0 Å². The molecule has 3 rings (SSSR count). The maximum Gasteiger partial charge on any atom is 0.233 e. The molecule has 0 radical (unpaired) electrons. The van der Waals surface area contributed by atoms with Crippen LogP contribution in [0.3, 0.4) is 0 Å². The molecular weight excluding hydrogens is 358 g/mol. The number of carbonyl (C=O) groups is 2. The normalized spacial score (nSPS) is 10.5. The lowest BCUT2D eigenvalue weighted by molar-refractivity contribution is -0.126. The minimum atomic E-state index is -0.392. The second-order valence-corrected chi connectivity index (χ2v) is 6.25. The van der Waals surface area contributed by atoms with Crippen LogP contribution in [0.5, 0.6) is 11.5 Å². The Labute approximate surface area is 163 Å². The van der Waals surface area contributed by atoms with E-state index in [0.29, 0.717) is 30.2 Å². The fourth-order valence-corrected chi connectivity index (χ4v) is 3.00. The number of para-hydroxylation sites is 1. The Hall–Kier alpha value is -3.48. The van der Waals surface area contributed by atoms with E-state index in [9.17, 15) is 9.59 Å². The molecule has 0 aliphatic heterocycles. The quantitative estimate of drug-likeness (QED) is 0.523. The van der Waals surface area contributed by atoms with Crippen molar-refractivity contribution in [3.8, 4) is 11.5 Å². The van der Waals surface area contributed by atoms with Gasteiger partial charge in [0.25, 0.3) is 0 Å². The summed E-state index contributed by atoms with van der Waals surface area (Å²) in [4.78, 5) is 27.3. The number of anilines is 1. The molecular formula is C21H23N3O4. The van der Waals surface area contributed by atoms with Crippen LogP contribution in [0.15, 0.2) is 48.7 Å². The summed E-state index contributed by atoms with van der Waals surface area (Å²) < 4.78 is 10.4. The fourth-order valence-electron chi connectivity index (χ4n) is 3.00. The number of hydrogen-bond acceptors (Lipinski definition) is 4. The van der Waals surface area contributed by atoms with E-state index in [1.165, 1.54) is 14.2 Å². The van der Waals surface area contributed by atoms with Gasteiger partial charge in [0.1, 0.15) is 6.42 Å². The smallest absolute Gasteiger partial charge is 0.233 e. The summed E-state index contributed by atoms with van der Waals surface area (Å²) in [6, 6.07) is 13.0. The van der Waals surface area contributed by atoms with Gasteiger partial charge in [0.15, 0.2) is 11.5 Å². The van der Waals surface area contributed by atoms with E-state index < -0.39 is 5.91 Å². The average molecular weight is 381 g/mol. The topological polar surface area (TPSA) is 92.5 Å². The zero-order valence-electron chi connectivity index (χ0n) is 15.9. The van der Waals surface area contributed by atoms with E-state index >= 15 is 0 Å². The summed E-state index contributed by atoms with van der Waals surface area (Å²) in [6.07, 6.45) is 2.38. The van der Waals surface area contributed by atoms with E-state index in [4.69, 9.17) is 9.47 Å². The molecule has 0 atom stereocenters. The number of H-pyrrole nitrogens is 1. The van der Waals surface area contributed by atoms with Gasteiger partial charge < -0.3 is 25.1 Å². The predicted molar refractivity (Wildman–Crippen MR) is 108 cm³/mol. The molecule has 3 aromatic rings. The Kier molecular flexibility index (Phi) is 6.16. The second kappa shape index (κ2) is 8.94. The number of carbonyl (C=O) groups excluding carboxylic acids is 2. The van der Waals surface area contributed by atoms with Crippen LogP contribution in [-0.4, -0.2) is 37.6 Å². The zero-order valence-corrected chi connectivity index (χ0v) is 15.9. The number of nitrogens with one attached hydrogen (secondary N) is 3.